The number of nitrogens with zero attached hydrogens (tertiary/aromatic N) is 5. The van der Waals surface area contributed by atoms with Crippen LogP contribution in [0.25, 0.3) is 0 Å². The number of hydrogen-bond acceptors (Lipinski definition) is 5. The van der Waals surface area contributed by atoms with Gasteiger partial charge in [-0.1, -0.05) is 30.7 Å². The molecule has 1 aromatic heterocycles. The number of morpholine rings is 1. The number of aliphatic imine (C=N–C) groups is 1. The molecule has 1 fully saturated rings. The van der Waals surface area contributed by atoms with Gasteiger partial charge in [0.25, 0.3) is 0 Å². The maximum atomic E-state index is 6.10. The monoisotopic (exact) mass is 433 g/mol. The van der Waals surface area contributed by atoms with E-state index < -0.39 is 0 Å². The van der Waals surface area contributed by atoms with Crippen LogP contribution in [0, 0.1) is 0 Å². The smallest absolute Gasteiger partial charge is 0.191 e. The summed E-state index contributed by atoms with van der Waals surface area (Å²) in [5.74, 6) is 1.80. The van der Waals surface area contributed by atoms with Crippen molar-refractivity contribution in [2.24, 2.45) is 4.99 Å². The zero-order valence-electron chi connectivity index (χ0n) is 17.7. The van der Waals surface area contributed by atoms with E-state index >= 15 is 0 Å². The highest BCUT2D eigenvalue weighted by atomic mass is 35.5. The molecule has 0 unspecified atom stereocenters. The second-order valence-corrected chi connectivity index (χ2v) is 7.69. The van der Waals surface area contributed by atoms with E-state index in [1.165, 1.54) is 0 Å². The molecule has 164 valence electrons. The van der Waals surface area contributed by atoms with Crippen LogP contribution in [0.1, 0.15) is 24.7 Å². The first-order valence-electron chi connectivity index (χ1n) is 10.7. The van der Waals surface area contributed by atoms with E-state index in [0.29, 0.717) is 6.54 Å². The average Bonchev–Trinajstić information content (AvgIpc) is 3.23. The number of halogens is 1. The summed E-state index contributed by atoms with van der Waals surface area (Å²) in [6, 6.07) is 7.82. The molecule has 2 heterocycles. The second-order valence-electron chi connectivity index (χ2n) is 7.25. The van der Waals surface area contributed by atoms with Crippen LogP contribution in [-0.2, 0) is 24.2 Å². The van der Waals surface area contributed by atoms with Gasteiger partial charge in [-0.05, 0) is 30.7 Å². The molecule has 30 heavy (non-hydrogen) atoms. The van der Waals surface area contributed by atoms with E-state index in [2.05, 4.69) is 37.2 Å². The summed E-state index contributed by atoms with van der Waals surface area (Å²) >= 11 is 6.10. The predicted octanol–water partition coefficient (Wildman–Crippen LogP) is 1.95. The number of aromatic nitrogens is 3. The lowest BCUT2D eigenvalue weighted by atomic mass is 10.2. The first-order chi connectivity index (χ1) is 14.7. The van der Waals surface area contributed by atoms with Crippen LogP contribution in [-0.4, -0.2) is 71.6 Å². The largest absolute Gasteiger partial charge is 0.379 e. The number of guanidine groups is 1. The highest BCUT2D eigenvalue weighted by Crippen LogP contribution is 2.11. The molecule has 1 saturated heterocycles. The van der Waals surface area contributed by atoms with Gasteiger partial charge in [0.1, 0.15) is 12.2 Å². The van der Waals surface area contributed by atoms with Gasteiger partial charge in [-0.2, -0.15) is 0 Å². The van der Waals surface area contributed by atoms with Crippen molar-refractivity contribution in [3.8, 4) is 0 Å². The van der Waals surface area contributed by atoms with Crippen LogP contribution in [0.5, 0.6) is 0 Å². The summed E-state index contributed by atoms with van der Waals surface area (Å²) in [6.07, 6.45) is 3.71. The highest BCUT2D eigenvalue weighted by molar-refractivity contribution is 6.30. The predicted molar refractivity (Wildman–Crippen MR) is 120 cm³/mol. The molecule has 2 N–H and O–H groups in total. The van der Waals surface area contributed by atoms with E-state index in [1.54, 1.807) is 6.33 Å². The molecular formula is C21H32ClN7O. The summed E-state index contributed by atoms with van der Waals surface area (Å²) in [6.45, 7) is 9.85. The average molecular weight is 434 g/mol. The van der Waals surface area contributed by atoms with Gasteiger partial charge >= 0.3 is 0 Å². The Balaban J connectivity index is 1.49. The molecular weight excluding hydrogens is 402 g/mol. The third-order valence-electron chi connectivity index (χ3n) is 5.01. The van der Waals surface area contributed by atoms with Gasteiger partial charge in [0.15, 0.2) is 5.96 Å². The van der Waals surface area contributed by atoms with Gasteiger partial charge in [0.2, 0.25) is 0 Å². The van der Waals surface area contributed by atoms with Gasteiger partial charge in [0, 0.05) is 44.2 Å². The Morgan fingerprint density at radius 2 is 2.03 bits per heavy atom. The van der Waals surface area contributed by atoms with E-state index in [-0.39, 0.29) is 0 Å². The molecule has 0 aliphatic carbocycles. The third-order valence-corrected chi connectivity index (χ3v) is 5.25. The summed E-state index contributed by atoms with van der Waals surface area (Å²) in [5.41, 5.74) is 1.09. The molecule has 0 saturated carbocycles. The first-order valence-corrected chi connectivity index (χ1v) is 11.1. The molecule has 0 spiro atoms. The quantitative estimate of drug-likeness (QED) is 0.338. The molecule has 0 bridgehead atoms. The molecule has 1 aliphatic heterocycles. The lowest BCUT2D eigenvalue weighted by Gasteiger charge is -2.26. The first kappa shape index (κ1) is 22.5. The van der Waals surface area contributed by atoms with E-state index in [4.69, 9.17) is 21.3 Å². The normalized spacial score (nSPS) is 15.3. The van der Waals surface area contributed by atoms with E-state index in [9.17, 15) is 0 Å². The highest BCUT2D eigenvalue weighted by Gasteiger charge is 2.09. The maximum absolute atomic E-state index is 6.10. The van der Waals surface area contributed by atoms with Crippen molar-refractivity contribution in [1.82, 2.24) is 30.3 Å². The minimum absolute atomic E-state index is 0.576. The van der Waals surface area contributed by atoms with Crippen LogP contribution < -0.4 is 10.6 Å². The Morgan fingerprint density at radius 1 is 1.20 bits per heavy atom. The Morgan fingerprint density at radius 3 is 2.83 bits per heavy atom. The Labute approximate surface area is 183 Å². The molecule has 0 radical (unpaired) electrons. The SMILES string of the molecule is CCc1nncn1CCNC(=NCc1cccc(Cl)c1)NCCCN1CCOCC1. The van der Waals surface area contributed by atoms with Gasteiger partial charge in [0.05, 0.1) is 19.8 Å². The minimum Gasteiger partial charge on any atom is -0.379 e. The third kappa shape index (κ3) is 7.59. The van der Waals surface area contributed by atoms with E-state index in [0.717, 1.165) is 87.7 Å². The van der Waals surface area contributed by atoms with Gasteiger partial charge in [-0.25, -0.2) is 4.99 Å². The fourth-order valence-electron chi connectivity index (χ4n) is 3.35. The zero-order valence-corrected chi connectivity index (χ0v) is 18.4. The van der Waals surface area contributed by atoms with Crippen molar-refractivity contribution < 1.29 is 4.74 Å². The molecule has 1 aromatic carbocycles. The standard InChI is InChI=1S/C21H32ClN7O/c1-2-20-27-26-17-29(20)10-8-24-21(25-16-18-5-3-6-19(22)15-18)23-7-4-9-28-11-13-30-14-12-28/h3,5-6,15,17H,2,4,7-14,16H2,1H3,(H2,23,24,25). The summed E-state index contributed by atoms with van der Waals surface area (Å²) in [4.78, 5) is 7.19. The number of rotatable bonds is 10. The van der Waals surface area contributed by atoms with Crippen LogP contribution in [0.4, 0.5) is 0 Å². The van der Waals surface area contributed by atoms with Gasteiger partial charge in [-0.15, -0.1) is 10.2 Å². The van der Waals surface area contributed by atoms with Crippen LogP contribution in [0.15, 0.2) is 35.6 Å². The van der Waals surface area contributed by atoms with E-state index in [1.807, 2.05) is 24.3 Å². The maximum Gasteiger partial charge on any atom is 0.191 e. The van der Waals surface area contributed by atoms with Crippen molar-refractivity contribution in [2.75, 3.05) is 45.9 Å². The van der Waals surface area contributed by atoms with Gasteiger partial charge in [-0.3, -0.25) is 4.90 Å². The fourth-order valence-corrected chi connectivity index (χ4v) is 3.56. The molecule has 1 aliphatic rings. The second kappa shape index (κ2) is 12.5. The summed E-state index contributed by atoms with van der Waals surface area (Å²) in [7, 11) is 0. The molecule has 0 amide bonds. The molecule has 8 nitrogen and oxygen atoms in total. The molecule has 2 aromatic rings. The number of benzene rings is 1. The van der Waals surface area contributed by atoms with Crippen LogP contribution in [0.2, 0.25) is 5.02 Å². The van der Waals surface area contributed by atoms with Gasteiger partial charge < -0.3 is 19.9 Å². The van der Waals surface area contributed by atoms with Crippen molar-refractivity contribution >= 4 is 17.6 Å². The Hall–Kier alpha value is -2.16. The van der Waals surface area contributed by atoms with Crippen molar-refractivity contribution in [1.29, 1.82) is 0 Å². The van der Waals surface area contributed by atoms with Crippen molar-refractivity contribution in [3.63, 3.8) is 0 Å². The topological polar surface area (TPSA) is 79.6 Å². The lowest BCUT2D eigenvalue weighted by Crippen LogP contribution is -2.41. The summed E-state index contributed by atoms with van der Waals surface area (Å²) in [5, 5.41) is 15.7. The van der Waals surface area contributed by atoms with Crippen LogP contribution >= 0.6 is 11.6 Å². The van der Waals surface area contributed by atoms with Crippen molar-refractivity contribution in [3.05, 3.63) is 47.0 Å². The number of nitrogens with one attached hydrogen (secondary N) is 2. The van der Waals surface area contributed by atoms with Crippen molar-refractivity contribution in [2.45, 2.75) is 32.9 Å². The minimum atomic E-state index is 0.576. The Bertz CT molecular complexity index is 789. The zero-order chi connectivity index (χ0) is 21.0. The molecule has 3 rings (SSSR count). The Kier molecular flexibility index (Phi) is 9.40. The lowest BCUT2D eigenvalue weighted by molar-refractivity contribution is 0.0376. The number of ether oxygens (including phenoxy) is 1. The van der Waals surface area contributed by atoms with Crippen LogP contribution in [0.3, 0.4) is 0 Å². The fraction of sp³-hybridized carbons (Fsp3) is 0.571. The number of aryl methyl sites for hydroxylation is 1. The molecule has 0 atom stereocenters. The molecule has 9 heteroatoms. The summed E-state index contributed by atoms with van der Waals surface area (Å²) < 4.78 is 7.48. The number of hydrogen-bond donors (Lipinski definition) is 2.